The van der Waals surface area contributed by atoms with Crippen molar-refractivity contribution in [2.45, 2.75) is 45.6 Å². The van der Waals surface area contributed by atoms with Gasteiger partial charge in [0.15, 0.2) is 0 Å². The topological polar surface area (TPSA) is 59.1 Å². The maximum atomic E-state index is 12.6. The Morgan fingerprint density at radius 1 is 1.13 bits per heavy atom. The van der Waals surface area contributed by atoms with E-state index in [1.165, 1.54) is 0 Å². The molecule has 0 aromatic rings. The summed E-state index contributed by atoms with van der Waals surface area (Å²) >= 11 is 0. The average Bonchev–Trinajstić information content (AvgIpc) is 2.60. The number of ether oxygens (including phenoxy) is 2. The molecule has 0 aliphatic carbocycles. The summed E-state index contributed by atoms with van der Waals surface area (Å²) in [6.07, 6.45) is 3.43. The minimum Gasteiger partial charge on any atom is -0.465 e. The minimum absolute atomic E-state index is 0.0915. The van der Waals surface area contributed by atoms with Crippen LogP contribution < -0.4 is 0 Å². The van der Waals surface area contributed by atoms with Crippen molar-refractivity contribution in [1.29, 1.82) is 0 Å². The molecule has 0 aromatic heterocycles. The van der Waals surface area contributed by atoms with Gasteiger partial charge < -0.3 is 14.4 Å². The van der Waals surface area contributed by atoms with Gasteiger partial charge in [-0.15, -0.1) is 0 Å². The zero-order chi connectivity index (χ0) is 16.7. The lowest BCUT2D eigenvalue weighted by Crippen LogP contribution is -2.50. The lowest BCUT2D eigenvalue weighted by atomic mass is 9.93. The summed E-state index contributed by atoms with van der Waals surface area (Å²) in [4.78, 5) is 28.8. The van der Waals surface area contributed by atoms with Crippen LogP contribution in [0.1, 0.15) is 39.5 Å². The molecule has 2 rings (SSSR count). The van der Waals surface area contributed by atoms with Gasteiger partial charge in [0.2, 0.25) is 5.91 Å². The van der Waals surface area contributed by atoms with Gasteiger partial charge in [-0.05, 0) is 39.3 Å². The Bertz CT molecular complexity index is 388. The molecular formula is C17H30N2O4. The van der Waals surface area contributed by atoms with E-state index in [0.717, 1.165) is 38.8 Å². The summed E-state index contributed by atoms with van der Waals surface area (Å²) in [5.41, 5.74) is 0. The third-order valence-corrected chi connectivity index (χ3v) is 4.76. The molecule has 2 heterocycles. The number of likely N-dealkylation sites (tertiary alicyclic amines) is 1. The number of rotatable bonds is 6. The fourth-order valence-electron chi connectivity index (χ4n) is 3.46. The van der Waals surface area contributed by atoms with Crippen LogP contribution in [0.2, 0.25) is 0 Å². The molecule has 23 heavy (non-hydrogen) atoms. The quantitative estimate of drug-likeness (QED) is 0.689. The van der Waals surface area contributed by atoms with Gasteiger partial charge in [-0.2, -0.15) is 0 Å². The van der Waals surface area contributed by atoms with Gasteiger partial charge in [0.1, 0.15) is 6.04 Å². The predicted molar refractivity (Wildman–Crippen MR) is 87.0 cm³/mol. The third kappa shape index (κ3) is 4.91. The predicted octanol–water partition coefficient (Wildman–Crippen LogP) is 1.29. The van der Waals surface area contributed by atoms with Crippen LogP contribution in [0.3, 0.4) is 0 Å². The van der Waals surface area contributed by atoms with Crippen molar-refractivity contribution in [2.24, 2.45) is 5.92 Å². The van der Waals surface area contributed by atoms with Crippen molar-refractivity contribution in [2.75, 3.05) is 46.0 Å². The van der Waals surface area contributed by atoms with E-state index in [9.17, 15) is 9.59 Å². The van der Waals surface area contributed by atoms with Gasteiger partial charge in [0.05, 0.1) is 19.8 Å². The van der Waals surface area contributed by atoms with E-state index in [2.05, 4.69) is 11.8 Å². The highest BCUT2D eigenvalue weighted by atomic mass is 16.5. The van der Waals surface area contributed by atoms with Crippen molar-refractivity contribution in [1.82, 2.24) is 9.80 Å². The number of amides is 1. The molecule has 0 saturated carbocycles. The fourth-order valence-corrected chi connectivity index (χ4v) is 3.46. The fraction of sp³-hybridized carbons (Fsp3) is 0.882. The highest BCUT2D eigenvalue weighted by molar-refractivity contribution is 5.79. The van der Waals surface area contributed by atoms with Gasteiger partial charge in [-0.25, -0.2) is 0 Å². The highest BCUT2D eigenvalue weighted by Gasteiger charge is 2.34. The van der Waals surface area contributed by atoms with Crippen molar-refractivity contribution in [3.63, 3.8) is 0 Å². The van der Waals surface area contributed by atoms with Crippen molar-refractivity contribution in [3.8, 4) is 0 Å². The van der Waals surface area contributed by atoms with Crippen LogP contribution in [0, 0.1) is 5.92 Å². The maximum absolute atomic E-state index is 12.6. The number of morpholine rings is 1. The Morgan fingerprint density at radius 2 is 1.78 bits per heavy atom. The van der Waals surface area contributed by atoms with Gasteiger partial charge >= 0.3 is 5.97 Å². The molecule has 6 nitrogen and oxygen atoms in total. The molecule has 1 atom stereocenters. The van der Waals surface area contributed by atoms with Crippen LogP contribution in [0.5, 0.6) is 0 Å². The smallest absolute Gasteiger partial charge is 0.323 e. The molecule has 2 aliphatic rings. The Morgan fingerprint density at radius 3 is 2.35 bits per heavy atom. The standard InChI is InChI=1S/C17H30N2O4/c1-3-5-15(17(21)23-4-2)18-8-6-14(7-9-18)16(20)19-10-12-22-13-11-19/h14-15H,3-13H2,1-2H3/t15-/m1/s1. The average molecular weight is 326 g/mol. The van der Waals surface area contributed by atoms with Gasteiger partial charge in [0, 0.05) is 19.0 Å². The number of hydrogen-bond donors (Lipinski definition) is 0. The number of esters is 1. The zero-order valence-corrected chi connectivity index (χ0v) is 14.5. The van der Waals surface area contributed by atoms with Crippen LogP contribution >= 0.6 is 0 Å². The number of piperidine rings is 1. The van der Waals surface area contributed by atoms with Gasteiger partial charge in [-0.1, -0.05) is 13.3 Å². The lowest BCUT2D eigenvalue weighted by Gasteiger charge is -2.38. The first-order valence-electron chi connectivity index (χ1n) is 8.94. The second-order valence-corrected chi connectivity index (χ2v) is 6.30. The number of hydrogen-bond acceptors (Lipinski definition) is 5. The zero-order valence-electron chi connectivity index (χ0n) is 14.5. The molecule has 6 heteroatoms. The first-order valence-corrected chi connectivity index (χ1v) is 8.94. The largest absolute Gasteiger partial charge is 0.465 e. The Hall–Kier alpha value is -1.14. The van der Waals surface area contributed by atoms with Crippen LogP contribution in [-0.4, -0.2) is 73.7 Å². The first kappa shape index (κ1) is 18.2. The molecule has 2 aliphatic heterocycles. The van der Waals surface area contributed by atoms with E-state index < -0.39 is 0 Å². The molecule has 1 amide bonds. The summed E-state index contributed by atoms with van der Waals surface area (Å²) < 4.78 is 10.5. The highest BCUT2D eigenvalue weighted by Crippen LogP contribution is 2.23. The van der Waals surface area contributed by atoms with Gasteiger partial charge in [-0.3, -0.25) is 14.5 Å². The molecule has 0 bridgehead atoms. The SMILES string of the molecule is CCC[C@H](C(=O)OCC)N1CCC(C(=O)N2CCOCC2)CC1. The number of carbonyl (C=O) groups is 2. The van der Waals surface area contributed by atoms with Crippen LogP contribution in [-0.2, 0) is 19.1 Å². The molecular weight excluding hydrogens is 296 g/mol. The van der Waals surface area contributed by atoms with Gasteiger partial charge in [0.25, 0.3) is 0 Å². The molecule has 0 radical (unpaired) electrons. The second kappa shape index (κ2) is 9.23. The Labute approximate surface area is 139 Å². The van der Waals surface area contributed by atoms with Crippen molar-refractivity contribution < 1.29 is 19.1 Å². The normalized spacial score (nSPS) is 21.9. The molecule has 0 N–H and O–H groups in total. The van der Waals surface area contributed by atoms with E-state index in [1.807, 2.05) is 11.8 Å². The van der Waals surface area contributed by atoms with Crippen molar-refractivity contribution >= 4 is 11.9 Å². The molecule has 2 fully saturated rings. The molecule has 0 aromatic carbocycles. The molecule has 0 unspecified atom stereocenters. The Kier molecular flexibility index (Phi) is 7.30. The van der Waals surface area contributed by atoms with Crippen molar-refractivity contribution in [3.05, 3.63) is 0 Å². The van der Waals surface area contributed by atoms with E-state index >= 15 is 0 Å². The van der Waals surface area contributed by atoms with Crippen LogP contribution in [0.25, 0.3) is 0 Å². The van der Waals surface area contributed by atoms with E-state index in [0.29, 0.717) is 32.9 Å². The van der Waals surface area contributed by atoms with Crippen LogP contribution in [0.15, 0.2) is 0 Å². The number of carbonyl (C=O) groups excluding carboxylic acids is 2. The number of nitrogens with zero attached hydrogens (tertiary/aromatic N) is 2. The summed E-state index contributed by atoms with van der Waals surface area (Å²) in [6.45, 7) is 8.65. The first-order chi connectivity index (χ1) is 11.2. The summed E-state index contributed by atoms with van der Waals surface area (Å²) in [5, 5.41) is 0. The molecule has 0 spiro atoms. The summed E-state index contributed by atoms with van der Waals surface area (Å²) in [6, 6.07) is -0.153. The monoisotopic (exact) mass is 326 g/mol. The second-order valence-electron chi connectivity index (χ2n) is 6.30. The molecule has 2 saturated heterocycles. The van der Waals surface area contributed by atoms with E-state index in [1.54, 1.807) is 0 Å². The van der Waals surface area contributed by atoms with E-state index in [4.69, 9.17) is 9.47 Å². The maximum Gasteiger partial charge on any atom is 0.323 e. The minimum atomic E-state index is -0.153. The Balaban J connectivity index is 1.85. The summed E-state index contributed by atoms with van der Waals surface area (Å²) in [7, 11) is 0. The lowest BCUT2D eigenvalue weighted by molar-refractivity contribution is -0.151. The summed E-state index contributed by atoms with van der Waals surface area (Å²) in [5.74, 6) is 0.234. The third-order valence-electron chi connectivity index (χ3n) is 4.76. The molecule has 132 valence electrons. The van der Waals surface area contributed by atoms with Crippen LogP contribution in [0.4, 0.5) is 0 Å². The van der Waals surface area contributed by atoms with E-state index in [-0.39, 0.29) is 23.8 Å².